The molecule has 1 fully saturated rings. The highest BCUT2D eigenvalue weighted by atomic mass is 16.1. The van der Waals surface area contributed by atoms with Crippen molar-refractivity contribution in [3.05, 3.63) is 35.9 Å². The fraction of sp³-hybridized carbons (Fsp3) is 0.562. The molecule has 1 saturated carbocycles. The highest BCUT2D eigenvalue weighted by Crippen LogP contribution is 2.24. The van der Waals surface area contributed by atoms with E-state index in [4.69, 9.17) is 0 Å². The zero-order valence-electron chi connectivity index (χ0n) is 11.3. The summed E-state index contributed by atoms with van der Waals surface area (Å²) in [6.07, 6.45) is 5.18. The third kappa shape index (κ3) is 3.95. The first kappa shape index (κ1) is 13.3. The molecule has 98 valence electrons. The molecule has 1 aromatic rings. The lowest BCUT2D eigenvalue weighted by atomic mass is 10.0. The summed E-state index contributed by atoms with van der Waals surface area (Å²) < 4.78 is 0. The lowest BCUT2D eigenvalue weighted by Gasteiger charge is -2.18. The van der Waals surface area contributed by atoms with Crippen LogP contribution in [0, 0.1) is 5.92 Å². The van der Waals surface area contributed by atoms with Crippen molar-refractivity contribution in [3.63, 3.8) is 0 Å². The van der Waals surface area contributed by atoms with Crippen molar-refractivity contribution >= 4 is 5.78 Å². The lowest BCUT2D eigenvalue weighted by molar-refractivity contribution is -0.120. The topological polar surface area (TPSA) is 20.3 Å². The van der Waals surface area contributed by atoms with Gasteiger partial charge in [0.15, 0.2) is 0 Å². The predicted molar refractivity (Wildman–Crippen MR) is 74.6 cm³/mol. The first-order valence-electron chi connectivity index (χ1n) is 7.01. The Kier molecular flexibility index (Phi) is 4.94. The second-order valence-electron chi connectivity index (χ2n) is 5.38. The number of Topliss-reactive ketones (excluding diaryl/α,β-unsaturated/α-hetero) is 1. The van der Waals surface area contributed by atoms with Gasteiger partial charge in [0.05, 0.1) is 0 Å². The molecular formula is C16H23NO. The minimum Gasteiger partial charge on any atom is -0.306 e. The molecule has 1 aromatic carbocycles. The number of ketones is 1. The molecule has 0 aliphatic heterocycles. The van der Waals surface area contributed by atoms with E-state index in [1.807, 2.05) is 0 Å². The van der Waals surface area contributed by atoms with Gasteiger partial charge in [0.1, 0.15) is 5.78 Å². The predicted octanol–water partition coefficient (Wildman–Crippen LogP) is 2.92. The minimum atomic E-state index is 0.351. The van der Waals surface area contributed by atoms with Crippen molar-refractivity contribution in [2.24, 2.45) is 5.92 Å². The molecule has 0 N–H and O–H groups in total. The molecule has 0 heterocycles. The number of likely N-dealkylation sites (N-methyl/N-ethyl adjacent to an activating group) is 1. The standard InChI is InChI=1S/C16H23NO/c1-17(12-10-14-6-3-2-4-7-14)13-11-15-8-5-9-16(15)18/h2-4,6-7,15H,5,8-13H2,1H3. The number of benzene rings is 1. The summed E-state index contributed by atoms with van der Waals surface area (Å²) >= 11 is 0. The second kappa shape index (κ2) is 6.69. The van der Waals surface area contributed by atoms with E-state index in [1.54, 1.807) is 0 Å². The lowest BCUT2D eigenvalue weighted by Crippen LogP contribution is -2.25. The number of nitrogens with zero attached hydrogens (tertiary/aromatic N) is 1. The highest BCUT2D eigenvalue weighted by molar-refractivity contribution is 5.82. The van der Waals surface area contributed by atoms with Crippen molar-refractivity contribution in [2.45, 2.75) is 32.1 Å². The van der Waals surface area contributed by atoms with Crippen LogP contribution in [0.2, 0.25) is 0 Å². The molecule has 0 spiro atoms. The number of hydrogen-bond acceptors (Lipinski definition) is 2. The Morgan fingerprint density at radius 1 is 1.22 bits per heavy atom. The average molecular weight is 245 g/mol. The Hall–Kier alpha value is -1.15. The SMILES string of the molecule is CN(CCc1ccccc1)CCC1CCCC1=O. The maximum Gasteiger partial charge on any atom is 0.136 e. The summed E-state index contributed by atoms with van der Waals surface area (Å²) in [7, 11) is 2.16. The summed E-state index contributed by atoms with van der Waals surface area (Å²) in [5, 5.41) is 0. The minimum absolute atomic E-state index is 0.351. The first-order chi connectivity index (χ1) is 8.75. The first-order valence-corrected chi connectivity index (χ1v) is 7.01. The van der Waals surface area contributed by atoms with Crippen LogP contribution in [-0.4, -0.2) is 30.8 Å². The van der Waals surface area contributed by atoms with Gasteiger partial charge in [-0.2, -0.15) is 0 Å². The van der Waals surface area contributed by atoms with Gasteiger partial charge in [-0.25, -0.2) is 0 Å². The average Bonchev–Trinajstić information content (AvgIpc) is 2.81. The van der Waals surface area contributed by atoms with Crippen LogP contribution in [-0.2, 0) is 11.2 Å². The van der Waals surface area contributed by atoms with Gasteiger partial charge >= 0.3 is 0 Å². The molecule has 2 nitrogen and oxygen atoms in total. The van der Waals surface area contributed by atoms with E-state index in [0.29, 0.717) is 11.7 Å². The molecule has 1 aliphatic carbocycles. The van der Waals surface area contributed by atoms with Gasteiger partial charge in [-0.05, 0) is 44.8 Å². The van der Waals surface area contributed by atoms with Crippen molar-refractivity contribution < 1.29 is 4.79 Å². The van der Waals surface area contributed by atoms with Gasteiger partial charge in [0.2, 0.25) is 0 Å². The number of carbonyl (C=O) groups excluding carboxylic acids is 1. The van der Waals surface area contributed by atoms with E-state index in [1.165, 1.54) is 5.56 Å². The largest absolute Gasteiger partial charge is 0.306 e. The van der Waals surface area contributed by atoms with Gasteiger partial charge in [-0.15, -0.1) is 0 Å². The molecule has 0 aromatic heterocycles. The van der Waals surface area contributed by atoms with E-state index in [0.717, 1.165) is 45.2 Å². The molecular weight excluding hydrogens is 222 g/mol. The maximum atomic E-state index is 11.5. The fourth-order valence-electron chi connectivity index (χ4n) is 2.65. The third-order valence-corrected chi connectivity index (χ3v) is 3.92. The number of hydrogen-bond donors (Lipinski definition) is 0. The van der Waals surface area contributed by atoms with E-state index in [9.17, 15) is 4.79 Å². The van der Waals surface area contributed by atoms with E-state index in [-0.39, 0.29) is 0 Å². The van der Waals surface area contributed by atoms with Gasteiger partial charge in [-0.1, -0.05) is 30.3 Å². The van der Waals surface area contributed by atoms with Crippen LogP contribution >= 0.6 is 0 Å². The van der Waals surface area contributed by atoms with E-state index < -0.39 is 0 Å². The van der Waals surface area contributed by atoms with Crippen LogP contribution in [0.1, 0.15) is 31.2 Å². The van der Waals surface area contributed by atoms with Crippen molar-refractivity contribution in [2.75, 3.05) is 20.1 Å². The fourth-order valence-corrected chi connectivity index (χ4v) is 2.65. The summed E-state index contributed by atoms with van der Waals surface area (Å²) in [6.45, 7) is 2.12. The van der Waals surface area contributed by atoms with Gasteiger partial charge in [0.25, 0.3) is 0 Å². The zero-order valence-corrected chi connectivity index (χ0v) is 11.3. The summed E-state index contributed by atoms with van der Waals surface area (Å²) in [5.74, 6) is 0.843. The normalized spacial score (nSPS) is 19.7. The molecule has 1 atom stereocenters. The van der Waals surface area contributed by atoms with Crippen LogP contribution in [0.3, 0.4) is 0 Å². The van der Waals surface area contributed by atoms with Crippen LogP contribution in [0.25, 0.3) is 0 Å². The van der Waals surface area contributed by atoms with Crippen molar-refractivity contribution in [1.82, 2.24) is 4.90 Å². The van der Waals surface area contributed by atoms with Gasteiger partial charge < -0.3 is 4.90 Å². The molecule has 2 rings (SSSR count). The summed E-state index contributed by atoms with van der Waals surface area (Å²) in [4.78, 5) is 13.9. The molecule has 1 aliphatic rings. The third-order valence-electron chi connectivity index (χ3n) is 3.92. The smallest absolute Gasteiger partial charge is 0.136 e. The Bertz CT molecular complexity index is 374. The summed E-state index contributed by atoms with van der Waals surface area (Å²) in [6, 6.07) is 10.6. The highest BCUT2D eigenvalue weighted by Gasteiger charge is 2.23. The van der Waals surface area contributed by atoms with Gasteiger partial charge in [-0.3, -0.25) is 4.79 Å². The van der Waals surface area contributed by atoms with Crippen molar-refractivity contribution in [1.29, 1.82) is 0 Å². The summed E-state index contributed by atoms with van der Waals surface area (Å²) in [5.41, 5.74) is 1.39. The van der Waals surface area contributed by atoms with Crippen LogP contribution < -0.4 is 0 Å². The molecule has 0 saturated heterocycles. The van der Waals surface area contributed by atoms with Crippen LogP contribution in [0.5, 0.6) is 0 Å². The molecule has 1 unspecified atom stereocenters. The van der Waals surface area contributed by atoms with Crippen LogP contribution in [0.4, 0.5) is 0 Å². The Balaban J connectivity index is 1.66. The van der Waals surface area contributed by atoms with E-state index in [2.05, 4.69) is 42.3 Å². The Labute approximate surface area is 110 Å². The number of carbonyl (C=O) groups is 1. The van der Waals surface area contributed by atoms with Crippen molar-refractivity contribution in [3.8, 4) is 0 Å². The van der Waals surface area contributed by atoms with E-state index >= 15 is 0 Å². The molecule has 0 bridgehead atoms. The Morgan fingerprint density at radius 3 is 2.67 bits per heavy atom. The molecule has 0 radical (unpaired) electrons. The van der Waals surface area contributed by atoms with Crippen LogP contribution in [0.15, 0.2) is 30.3 Å². The molecule has 2 heteroatoms. The quantitative estimate of drug-likeness (QED) is 0.768. The second-order valence-corrected chi connectivity index (χ2v) is 5.38. The zero-order chi connectivity index (χ0) is 12.8. The Morgan fingerprint density at radius 2 is 2.00 bits per heavy atom. The molecule has 18 heavy (non-hydrogen) atoms. The molecule has 0 amide bonds. The monoisotopic (exact) mass is 245 g/mol. The van der Waals surface area contributed by atoms with Gasteiger partial charge in [0, 0.05) is 18.9 Å². The maximum absolute atomic E-state index is 11.5. The number of rotatable bonds is 6.